The fourth-order valence-corrected chi connectivity index (χ4v) is 3.39. The van der Waals surface area contributed by atoms with Crippen LogP contribution in [0.15, 0.2) is 0 Å². The molecule has 3 nitrogen and oxygen atoms in total. The summed E-state index contributed by atoms with van der Waals surface area (Å²) in [5.74, 6) is 1.53. The van der Waals surface area contributed by atoms with Crippen molar-refractivity contribution in [2.45, 2.75) is 46.5 Å². The first-order valence-electron chi connectivity index (χ1n) is 6.45. The van der Waals surface area contributed by atoms with Crippen LogP contribution in [0.1, 0.15) is 46.0 Å². The Bertz CT molecular complexity index is 370. The minimum atomic E-state index is 0.114. The summed E-state index contributed by atoms with van der Waals surface area (Å²) in [6, 6.07) is 0. The van der Waals surface area contributed by atoms with Gasteiger partial charge in [-0.05, 0) is 18.3 Å². The number of rotatable bonds is 1. The normalized spacial score (nSPS) is 26.3. The van der Waals surface area contributed by atoms with Gasteiger partial charge in [-0.3, -0.25) is 0 Å². The van der Waals surface area contributed by atoms with E-state index in [1.807, 2.05) is 0 Å². The Hall–Kier alpha value is -0.640. The molecule has 0 bridgehead atoms. The second kappa shape index (κ2) is 4.56. The molecule has 1 aromatic heterocycles. The monoisotopic (exact) mass is 253 g/mol. The van der Waals surface area contributed by atoms with Crippen LogP contribution in [0.25, 0.3) is 0 Å². The highest BCUT2D eigenvalue weighted by molar-refractivity contribution is 7.15. The van der Waals surface area contributed by atoms with E-state index in [9.17, 15) is 0 Å². The number of piperidine rings is 1. The number of aromatic nitrogens is 2. The van der Waals surface area contributed by atoms with Gasteiger partial charge >= 0.3 is 0 Å². The van der Waals surface area contributed by atoms with E-state index in [2.05, 4.69) is 49.7 Å². The molecule has 4 heteroatoms. The molecule has 1 aromatic rings. The maximum atomic E-state index is 4.37. The van der Waals surface area contributed by atoms with Crippen molar-refractivity contribution >= 4 is 16.5 Å². The standard InChI is InChI=1S/C13H23N3S/c1-9-6-10(2)8-16(7-9)12-15-14-11(17-12)13(3,4)5/h9-10H,6-8H2,1-5H3. The highest BCUT2D eigenvalue weighted by Gasteiger charge is 2.26. The Labute approximate surface area is 108 Å². The number of hydrogen-bond donors (Lipinski definition) is 0. The van der Waals surface area contributed by atoms with Crippen LogP contribution in [0.2, 0.25) is 0 Å². The predicted octanol–water partition coefficient (Wildman–Crippen LogP) is 3.32. The summed E-state index contributed by atoms with van der Waals surface area (Å²) in [6.07, 6.45) is 1.33. The van der Waals surface area contributed by atoms with Crippen molar-refractivity contribution < 1.29 is 0 Å². The highest BCUT2D eigenvalue weighted by Crippen LogP contribution is 2.32. The maximum absolute atomic E-state index is 4.37. The van der Waals surface area contributed by atoms with Crippen LogP contribution < -0.4 is 4.90 Å². The smallest absolute Gasteiger partial charge is 0.208 e. The van der Waals surface area contributed by atoms with Gasteiger partial charge in [0.25, 0.3) is 0 Å². The molecular weight excluding hydrogens is 230 g/mol. The third-order valence-electron chi connectivity index (χ3n) is 3.20. The first-order valence-corrected chi connectivity index (χ1v) is 7.27. The average Bonchev–Trinajstić information content (AvgIpc) is 2.63. The van der Waals surface area contributed by atoms with Crippen LogP contribution >= 0.6 is 11.3 Å². The Kier molecular flexibility index (Phi) is 3.43. The molecule has 1 aliphatic rings. The fourth-order valence-electron chi connectivity index (χ4n) is 2.47. The number of anilines is 1. The SMILES string of the molecule is CC1CC(C)CN(c2nnc(C(C)(C)C)s2)C1. The van der Waals surface area contributed by atoms with E-state index in [-0.39, 0.29) is 5.41 Å². The van der Waals surface area contributed by atoms with Crippen molar-refractivity contribution in [3.63, 3.8) is 0 Å². The van der Waals surface area contributed by atoms with Crippen molar-refractivity contribution in [1.29, 1.82) is 0 Å². The quantitative estimate of drug-likeness (QED) is 0.769. The Morgan fingerprint density at radius 3 is 2.18 bits per heavy atom. The Morgan fingerprint density at radius 2 is 1.71 bits per heavy atom. The van der Waals surface area contributed by atoms with Crippen LogP contribution in [0, 0.1) is 11.8 Å². The topological polar surface area (TPSA) is 29.0 Å². The summed E-state index contributed by atoms with van der Waals surface area (Å²) in [7, 11) is 0. The van der Waals surface area contributed by atoms with Crippen LogP contribution in [0.4, 0.5) is 5.13 Å². The lowest BCUT2D eigenvalue weighted by Crippen LogP contribution is -2.38. The molecule has 96 valence electrons. The van der Waals surface area contributed by atoms with Gasteiger partial charge in [0, 0.05) is 18.5 Å². The molecule has 1 aliphatic heterocycles. The minimum absolute atomic E-state index is 0.114. The van der Waals surface area contributed by atoms with E-state index in [1.54, 1.807) is 11.3 Å². The van der Waals surface area contributed by atoms with Gasteiger partial charge in [-0.15, -0.1) is 10.2 Å². The third-order valence-corrected chi connectivity index (χ3v) is 4.61. The largest absolute Gasteiger partial charge is 0.346 e. The maximum Gasteiger partial charge on any atom is 0.208 e. The van der Waals surface area contributed by atoms with E-state index in [4.69, 9.17) is 0 Å². The molecule has 1 fully saturated rings. The van der Waals surface area contributed by atoms with E-state index in [0.29, 0.717) is 0 Å². The lowest BCUT2D eigenvalue weighted by atomic mass is 9.92. The number of nitrogens with zero attached hydrogens (tertiary/aromatic N) is 3. The van der Waals surface area contributed by atoms with Gasteiger partial charge in [-0.1, -0.05) is 46.0 Å². The van der Waals surface area contributed by atoms with Crippen LogP contribution in [0.3, 0.4) is 0 Å². The summed E-state index contributed by atoms with van der Waals surface area (Å²) in [6.45, 7) is 13.5. The second-order valence-electron chi connectivity index (χ2n) is 6.49. The van der Waals surface area contributed by atoms with Gasteiger partial charge in [0.2, 0.25) is 5.13 Å². The zero-order valence-electron chi connectivity index (χ0n) is 11.5. The van der Waals surface area contributed by atoms with Gasteiger partial charge in [-0.25, -0.2) is 0 Å². The molecule has 0 spiro atoms. The first kappa shape index (κ1) is 12.8. The van der Waals surface area contributed by atoms with Gasteiger partial charge in [0.05, 0.1) is 0 Å². The molecule has 17 heavy (non-hydrogen) atoms. The van der Waals surface area contributed by atoms with E-state index >= 15 is 0 Å². The zero-order valence-corrected chi connectivity index (χ0v) is 12.3. The molecule has 0 amide bonds. The molecule has 0 radical (unpaired) electrons. The predicted molar refractivity (Wildman–Crippen MR) is 73.8 cm³/mol. The minimum Gasteiger partial charge on any atom is -0.346 e. The molecular formula is C13H23N3S. The van der Waals surface area contributed by atoms with Gasteiger partial charge < -0.3 is 4.90 Å². The van der Waals surface area contributed by atoms with Crippen LogP contribution in [-0.4, -0.2) is 23.3 Å². The van der Waals surface area contributed by atoms with Crippen LogP contribution in [-0.2, 0) is 5.41 Å². The fraction of sp³-hybridized carbons (Fsp3) is 0.846. The van der Waals surface area contributed by atoms with E-state index in [1.165, 1.54) is 6.42 Å². The summed E-state index contributed by atoms with van der Waals surface area (Å²) in [4.78, 5) is 2.41. The first-order chi connectivity index (χ1) is 7.86. The molecule has 2 unspecified atom stereocenters. The molecule has 0 aliphatic carbocycles. The summed E-state index contributed by atoms with van der Waals surface area (Å²) in [5, 5.41) is 11.0. The molecule has 2 rings (SSSR count). The molecule has 1 saturated heterocycles. The molecule has 2 atom stereocenters. The lowest BCUT2D eigenvalue weighted by molar-refractivity contribution is 0.356. The summed E-state index contributed by atoms with van der Waals surface area (Å²) in [5.41, 5.74) is 0.114. The summed E-state index contributed by atoms with van der Waals surface area (Å²) >= 11 is 1.75. The van der Waals surface area contributed by atoms with Crippen molar-refractivity contribution in [3.05, 3.63) is 5.01 Å². The van der Waals surface area contributed by atoms with Crippen molar-refractivity contribution in [1.82, 2.24) is 10.2 Å². The lowest BCUT2D eigenvalue weighted by Gasteiger charge is -2.34. The number of hydrogen-bond acceptors (Lipinski definition) is 4. The van der Waals surface area contributed by atoms with Gasteiger partial charge in [0.1, 0.15) is 5.01 Å². The molecule has 0 N–H and O–H groups in total. The third kappa shape index (κ3) is 2.97. The average molecular weight is 253 g/mol. The van der Waals surface area contributed by atoms with Crippen LogP contribution in [0.5, 0.6) is 0 Å². The Morgan fingerprint density at radius 1 is 1.12 bits per heavy atom. The Balaban J connectivity index is 2.14. The second-order valence-corrected chi connectivity index (χ2v) is 7.45. The molecule has 2 heterocycles. The zero-order chi connectivity index (χ0) is 12.6. The van der Waals surface area contributed by atoms with E-state index < -0.39 is 0 Å². The van der Waals surface area contributed by atoms with E-state index in [0.717, 1.165) is 35.1 Å². The van der Waals surface area contributed by atoms with Gasteiger partial charge in [0.15, 0.2) is 0 Å². The van der Waals surface area contributed by atoms with Crippen molar-refractivity contribution in [2.24, 2.45) is 11.8 Å². The van der Waals surface area contributed by atoms with Crippen molar-refractivity contribution in [3.8, 4) is 0 Å². The highest BCUT2D eigenvalue weighted by atomic mass is 32.1. The van der Waals surface area contributed by atoms with Crippen molar-refractivity contribution in [2.75, 3.05) is 18.0 Å². The van der Waals surface area contributed by atoms with Gasteiger partial charge in [-0.2, -0.15) is 0 Å². The molecule has 0 aromatic carbocycles. The molecule has 0 saturated carbocycles. The summed E-state index contributed by atoms with van der Waals surface area (Å²) < 4.78 is 0.